The maximum absolute atomic E-state index is 10.3. The lowest BCUT2D eigenvalue weighted by molar-refractivity contribution is 0.103. The van der Waals surface area contributed by atoms with Crippen LogP contribution in [0, 0.1) is 0 Å². The van der Waals surface area contributed by atoms with Crippen LogP contribution in [-0.4, -0.2) is 49.6 Å². The molecule has 0 aliphatic rings. The molecular formula is C26H34Cl2N2O4. The Morgan fingerprint density at radius 3 is 1.88 bits per heavy atom. The Labute approximate surface area is 214 Å². The maximum Gasteiger partial charge on any atom is 0.137 e. The maximum atomic E-state index is 10.3. The van der Waals surface area contributed by atoms with Crippen LogP contribution in [0.15, 0.2) is 73.1 Å². The van der Waals surface area contributed by atoms with Crippen molar-refractivity contribution >= 4 is 24.8 Å². The van der Waals surface area contributed by atoms with Gasteiger partial charge in [0.25, 0.3) is 0 Å². The number of halogens is 2. The van der Waals surface area contributed by atoms with E-state index in [1.54, 1.807) is 32.7 Å². The number of nitrogens with one attached hydrogen (secondary N) is 1. The van der Waals surface area contributed by atoms with Crippen molar-refractivity contribution in [1.82, 2.24) is 10.3 Å². The molecule has 1 aromatic heterocycles. The molecule has 0 amide bonds. The molecule has 0 fully saturated rings. The van der Waals surface area contributed by atoms with Crippen molar-refractivity contribution < 1.29 is 19.3 Å². The van der Waals surface area contributed by atoms with E-state index in [1.807, 2.05) is 30.3 Å². The first-order valence-corrected chi connectivity index (χ1v) is 10.8. The van der Waals surface area contributed by atoms with Crippen LogP contribution < -0.4 is 19.5 Å². The van der Waals surface area contributed by atoms with Gasteiger partial charge in [0.1, 0.15) is 30.0 Å². The van der Waals surface area contributed by atoms with Gasteiger partial charge in [-0.1, -0.05) is 24.3 Å². The Hall–Kier alpha value is -2.51. The SMILES string of the molecule is COc1ccc(C(CC(C)NC[C@H](O)COc2cccnc2)c2ccc(OC)cc2)cc1.Cl.Cl. The van der Waals surface area contributed by atoms with E-state index in [9.17, 15) is 5.11 Å². The molecule has 2 aromatic carbocycles. The number of aliphatic hydroxyl groups excluding tert-OH is 1. The number of hydrogen-bond donors (Lipinski definition) is 2. The second-order valence-electron chi connectivity index (χ2n) is 7.80. The summed E-state index contributed by atoms with van der Waals surface area (Å²) in [6.07, 6.45) is 3.58. The van der Waals surface area contributed by atoms with E-state index in [-0.39, 0.29) is 43.4 Å². The fourth-order valence-electron chi connectivity index (χ4n) is 3.59. The Kier molecular flexibility index (Phi) is 13.4. The second-order valence-corrected chi connectivity index (χ2v) is 7.80. The number of ether oxygens (including phenoxy) is 3. The lowest BCUT2D eigenvalue weighted by atomic mass is 9.86. The lowest BCUT2D eigenvalue weighted by Crippen LogP contribution is -2.37. The zero-order valence-electron chi connectivity index (χ0n) is 19.7. The molecule has 0 aliphatic heterocycles. The Bertz CT molecular complexity index is 880. The van der Waals surface area contributed by atoms with Crippen LogP contribution in [0.5, 0.6) is 17.2 Å². The van der Waals surface area contributed by atoms with Crippen LogP contribution in [-0.2, 0) is 0 Å². The molecule has 1 heterocycles. The minimum Gasteiger partial charge on any atom is -0.497 e. The molecule has 2 atom stereocenters. The predicted octanol–water partition coefficient (Wildman–Crippen LogP) is 4.88. The van der Waals surface area contributed by atoms with E-state index >= 15 is 0 Å². The summed E-state index contributed by atoms with van der Waals surface area (Å²) in [6.45, 7) is 2.79. The molecule has 0 bridgehead atoms. The number of pyridine rings is 1. The third kappa shape index (κ3) is 9.03. The third-order valence-corrected chi connectivity index (χ3v) is 5.40. The number of aromatic nitrogens is 1. The molecule has 0 saturated carbocycles. The Morgan fingerprint density at radius 2 is 1.41 bits per heavy atom. The summed E-state index contributed by atoms with van der Waals surface area (Å²) in [5, 5.41) is 13.7. The average Bonchev–Trinajstić information content (AvgIpc) is 2.85. The van der Waals surface area contributed by atoms with Gasteiger partial charge < -0.3 is 24.6 Å². The standard InChI is InChI=1S/C26H32N2O4.2ClH/c1-19(28-16-22(29)18-32-25-5-4-14-27-17-25)15-26(20-6-10-23(30-2)11-7-20)21-8-12-24(31-3)13-9-21;;/h4-14,17,19,22,26,28-29H,15-16,18H2,1-3H3;2*1H/t19?,22-;;/m0../s1. The number of aliphatic hydroxyl groups is 1. The van der Waals surface area contributed by atoms with Gasteiger partial charge in [0.2, 0.25) is 0 Å². The highest BCUT2D eigenvalue weighted by atomic mass is 35.5. The van der Waals surface area contributed by atoms with E-state index in [1.165, 1.54) is 11.1 Å². The zero-order valence-corrected chi connectivity index (χ0v) is 21.4. The van der Waals surface area contributed by atoms with Crippen LogP contribution in [0.1, 0.15) is 30.4 Å². The molecule has 8 heteroatoms. The van der Waals surface area contributed by atoms with Crippen molar-refractivity contribution in [3.63, 3.8) is 0 Å². The normalized spacial score (nSPS) is 12.1. The van der Waals surface area contributed by atoms with Crippen LogP contribution in [0.4, 0.5) is 0 Å². The number of rotatable bonds is 12. The summed E-state index contributed by atoms with van der Waals surface area (Å²) < 4.78 is 16.2. The van der Waals surface area contributed by atoms with Gasteiger partial charge in [-0.15, -0.1) is 24.8 Å². The van der Waals surface area contributed by atoms with Gasteiger partial charge in [-0.2, -0.15) is 0 Å². The van der Waals surface area contributed by atoms with Gasteiger partial charge in [0, 0.05) is 24.7 Å². The number of nitrogens with zero attached hydrogens (tertiary/aromatic N) is 1. The number of hydrogen-bond acceptors (Lipinski definition) is 6. The highest BCUT2D eigenvalue weighted by Gasteiger charge is 2.19. The first-order chi connectivity index (χ1) is 15.6. The van der Waals surface area contributed by atoms with Crippen molar-refractivity contribution in [3.05, 3.63) is 84.2 Å². The highest BCUT2D eigenvalue weighted by Crippen LogP contribution is 2.31. The smallest absolute Gasteiger partial charge is 0.137 e. The summed E-state index contributed by atoms with van der Waals surface area (Å²) in [7, 11) is 3.34. The molecule has 3 aromatic rings. The molecule has 1 unspecified atom stereocenters. The van der Waals surface area contributed by atoms with E-state index in [4.69, 9.17) is 14.2 Å². The zero-order chi connectivity index (χ0) is 22.8. The summed E-state index contributed by atoms with van der Waals surface area (Å²) >= 11 is 0. The summed E-state index contributed by atoms with van der Waals surface area (Å²) in [6, 6.07) is 20.2. The van der Waals surface area contributed by atoms with E-state index in [2.05, 4.69) is 41.5 Å². The minimum absolute atomic E-state index is 0. The van der Waals surface area contributed by atoms with Crippen LogP contribution >= 0.6 is 24.8 Å². The fourth-order valence-corrected chi connectivity index (χ4v) is 3.59. The van der Waals surface area contributed by atoms with E-state index in [0.29, 0.717) is 12.3 Å². The van der Waals surface area contributed by atoms with Crippen LogP contribution in [0.25, 0.3) is 0 Å². The first-order valence-electron chi connectivity index (χ1n) is 10.8. The summed E-state index contributed by atoms with van der Waals surface area (Å²) in [5.41, 5.74) is 2.43. The quantitative estimate of drug-likeness (QED) is 0.363. The number of methoxy groups -OCH3 is 2. The van der Waals surface area contributed by atoms with Gasteiger partial charge in [-0.05, 0) is 60.9 Å². The fraction of sp³-hybridized carbons (Fsp3) is 0.346. The predicted molar refractivity (Wildman–Crippen MR) is 140 cm³/mol. The molecular weight excluding hydrogens is 475 g/mol. The first kappa shape index (κ1) is 29.5. The molecule has 34 heavy (non-hydrogen) atoms. The van der Waals surface area contributed by atoms with Crippen molar-refractivity contribution in [2.45, 2.75) is 31.4 Å². The largest absolute Gasteiger partial charge is 0.497 e. The molecule has 6 nitrogen and oxygen atoms in total. The molecule has 0 aliphatic carbocycles. The Morgan fingerprint density at radius 1 is 0.853 bits per heavy atom. The Balaban J connectivity index is 0.00000289. The topological polar surface area (TPSA) is 72.8 Å². The van der Waals surface area contributed by atoms with Gasteiger partial charge in [-0.3, -0.25) is 4.98 Å². The molecule has 0 radical (unpaired) electrons. The lowest BCUT2D eigenvalue weighted by Gasteiger charge is -2.24. The van der Waals surface area contributed by atoms with Gasteiger partial charge in [0.05, 0.1) is 20.4 Å². The summed E-state index contributed by atoms with van der Waals surface area (Å²) in [4.78, 5) is 4.01. The average molecular weight is 509 g/mol. The van der Waals surface area contributed by atoms with Crippen molar-refractivity contribution in [2.75, 3.05) is 27.4 Å². The van der Waals surface area contributed by atoms with Crippen LogP contribution in [0.3, 0.4) is 0 Å². The van der Waals surface area contributed by atoms with Crippen molar-refractivity contribution in [3.8, 4) is 17.2 Å². The molecule has 0 saturated heterocycles. The molecule has 186 valence electrons. The molecule has 0 spiro atoms. The van der Waals surface area contributed by atoms with Gasteiger partial charge >= 0.3 is 0 Å². The van der Waals surface area contributed by atoms with E-state index in [0.717, 1.165) is 17.9 Å². The monoisotopic (exact) mass is 508 g/mol. The number of benzene rings is 2. The second kappa shape index (κ2) is 15.4. The van der Waals surface area contributed by atoms with Crippen LogP contribution in [0.2, 0.25) is 0 Å². The molecule has 3 rings (SSSR count). The van der Waals surface area contributed by atoms with E-state index < -0.39 is 6.10 Å². The third-order valence-electron chi connectivity index (χ3n) is 5.40. The van der Waals surface area contributed by atoms with Gasteiger partial charge in [0.15, 0.2) is 0 Å². The summed E-state index contributed by atoms with van der Waals surface area (Å²) in [5.74, 6) is 2.52. The van der Waals surface area contributed by atoms with Crippen molar-refractivity contribution in [1.29, 1.82) is 0 Å². The minimum atomic E-state index is -0.613. The van der Waals surface area contributed by atoms with Crippen molar-refractivity contribution in [2.24, 2.45) is 0 Å². The molecule has 2 N–H and O–H groups in total. The van der Waals surface area contributed by atoms with Gasteiger partial charge in [-0.25, -0.2) is 0 Å². The highest BCUT2D eigenvalue weighted by molar-refractivity contribution is 5.85.